The van der Waals surface area contributed by atoms with Crippen molar-refractivity contribution in [3.8, 4) is 0 Å². The molecular weight excluding hydrogens is 296 g/mol. The summed E-state index contributed by atoms with van der Waals surface area (Å²) in [5, 5.41) is 3.31. The number of hydrogen-bond acceptors (Lipinski definition) is 4. The van der Waals surface area contributed by atoms with Gasteiger partial charge in [-0.15, -0.1) is 0 Å². The molecule has 0 aliphatic heterocycles. The Hall–Kier alpha value is -2.63. The molecule has 1 amide bonds. The molecule has 6 nitrogen and oxygen atoms in total. The first-order chi connectivity index (χ1) is 11.1. The molecule has 0 radical (unpaired) electrons. The predicted molar refractivity (Wildman–Crippen MR) is 87.4 cm³/mol. The second kappa shape index (κ2) is 8.12. The molecule has 0 atom stereocenters. The molecule has 2 rings (SSSR count). The minimum Gasteiger partial charge on any atom is -0.466 e. The predicted octanol–water partition coefficient (Wildman–Crippen LogP) is 1.99. The fraction of sp³-hybridized carbons (Fsp3) is 0.353. The van der Waals surface area contributed by atoms with Crippen LogP contribution in [-0.4, -0.2) is 30.0 Å². The van der Waals surface area contributed by atoms with Gasteiger partial charge in [-0.05, 0) is 12.5 Å². The minimum atomic E-state index is -0.381. The molecule has 0 saturated heterocycles. The van der Waals surface area contributed by atoms with Gasteiger partial charge in [-0.2, -0.15) is 0 Å². The number of benzene rings is 1. The van der Waals surface area contributed by atoms with Crippen LogP contribution in [-0.2, 0) is 9.53 Å². The van der Waals surface area contributed by atoms with E-state index in [0.29, 0.717) is 23.1 Å². The molecule has 23 heavy (non-hydrogen) atoms. The number of para-hydroxylation sites is 1. The summed E-state index contributed by atoms with van der Waals surface area (Å²) in [5.41, 5.74) is 0.556. The Bertz CT molecular complexity index is 752. The van der Waals surface area contributed by atoms with Crippen molar-refractivity contribution >= 4 is 22.8 Å². The van der Waals surface area contributed by atoms with E-state index in [1.54, 1.807) is 24.3 Å². The van der Waals surface area contributed by atoms with Crippen LogP contribution in [0.15, 0.2) is 35.1 Å². The van der Waals surface area contributed by atoms with Gasteiger partial charge in [0.05, 0.1) is 18.6 Å². The summed E-state index contributed by atoms with van der Waals surface area (Å²) in [6, 6.07) is 8.34. The SMILES string of the molecule is CCCCOC(=O)CCNC(=O)c1cc(=O)[nH]c2ccccc12. The topological polar surface area (TPSA) is 88.3 Å². The van der Waals surface area contributed by atoms with E-state index in [0.717, 1.165) is 12.8 Å². The summed E-state index contributed by atoms with van der Waals surface area (Å²) in [5.74, 6) is -0.719. The maximum Gasteiger partial charge on any atom is 0.307 e. The Labute approximate surface area is 133 Å². The van der Waals surface area contributed by atoms with Gasteiger partial charge in [-0.1, -0.05) is 31.5 Å². The Morgan fingerprint density at radius 3 is 2.83 bits per heavy atom. The first-order valence-electron chi connectivity index (χ1n) is 7.67. The van der Waals surface area contributed by atoms with E-state index >= 15 is 0 Å². The zero-order chi connectivity index (χ0) is 16.7. The summed E-state index contributed by atoms with van der Waals surface area (Å²) < 4.78 is 5.01. The molecule has 6 heteroatoms. The first-order valence-corrected chi connectivity index (χ1v) is 7.67. The van der Waals surface area contributed by atoms with Crippen LogP contribution < -0.4 is 10.9 Å². The van der Waals surface area contributed by atoms with E-state index in [1.165, 1.54) is 6.07 Å². The van der Waals surface area contributed by atoms with Crippen molar-refractivity contribution in [3.05, 3.63) is 46.2 Å². The zero-order valence-corrected chi connectivity index (χ0v) is 13.1. The number of carbonyl (C=O) groups is 2. The Kier molecular flexibility index (Phi) is 5.91. The maximum atomic E-state index is 12.2. The molecule has 0 bridgehead atoms. The Morgan fingerprint density at radius 1 is 1.26 bits per heavy atom. The van der Waals surface area contributed by atoms with Gasteiger partial charge in [-0.25, -0.2) is 0 Å². The standard InChI is InChI=1S/C17H20N2O4/c1-2-3-10-23-16(21)8-9-18-17(22)13-11-15(20)19-14-7-5-4-6-12(13)14/h4-7,11H,2-3,8-10H2,1H3,(H,18,22)(H,19,20). The number of hydrogen-bond donors (Lipinski definition) is 2. The molecule has 0 saturated carbocycles. The summed E-state index contributed by atoms with van der Waals surface area (Å²) in [6.07, 6.45) is 1.90. The zero-order valence-electron chi connectivity index (χ0n) is 13.1. The van der Waals surface area contributed by atoms with Crippen LogP contribution in [0.4, 0.5) is 0 Å². The third kappa shape index (κ3) is 4.67. The molecule has 0 aliphatic carbocycles. The lowest BCUT2D eigenvalue weighted by Gasteiger charge is -2.08. The van der Waals surface area contributed by atoms with Crippen molar-refractivity contribution in [1.82, 2.24) is 10.3 Å². The number of fused-ring (bicyclic) bond motifs is 1. The van der Waals surface area contributed by atoms with Gasteiger partial charge in [0.1, 0.15) is 0 Å². The monoisotopic (exact) mass is 316 g/mol. The highest BCUT2D eigenvalue weighted by Gasteiger charge is 2.12. The second-order valence-corrected chi connectivity index (χ2v) is 5.17. The van der Waals surface area contributed by atoms with Crippen molar-refractivity contribution in [2.75, 3.05) is 13.2 Å². The molecule has 1 aromatic carbocycles. The van der Waals surface area contributed by atoms with E-state index in [-0.39, 0.29) is 30.4 Å². The van der Waals surface area contributed by atoms with Crippen molar-refractivity contribution in [3.63, 3.8) is 0 Å². The number of aromatic nitrogens is 1. The molecule has 1 heterocycles. The van der Waals surface area contributed by atoms with Crippen LogP contribution in [0.2, 0.25) is 0 Å². The molecule has 0 spiro atoms. The van der Waals surface area contributed by atoms with Crippen LogP contribution in [0, 0.1) is 0 Å². The average molecular weight is 316 g/mol. The van der Waals surface area contributed by atoms with Crippen LogP contribution in [0.3, 0.4) is 0 Å². The Balaban J connectivity index is 1.96. The summed E-state index contributed by atoms with van der Waals surface area (Å²) in [6.45, 7) is 2.59. The maximum absolute atomic E-state index is 12.2. The lowest BCUT2D eigenvalue weighted by molar-refractivity contribution is -0.143. The lowest BCUT2D eigenvalue weighted by atomic mass is 10.1. The van der Waals surface area contributed by atoms with Gasteiger partial charge < -0.3 is 15.0 Å². The first kappa shape index (κ1) is 16.7. The van der Waals surface area contributed by atoms with Crippen LogP contribution in [0.1, 0.15) is 36.5 Å². The van der Waals surface area contributed by atoms with Gasteiger partial charge in [0.25, 0.3) is 5.91 Å². The van der Waals surface area contributed by atoms with E-state index in [1.807, 2.05) is 6.92 Å². The number of rotatable bonds is 7. The molecule has 0 unspecified atom stereocenters. The van der Waals surface area contributed by atoms with Crippen molar-refractivity contribution in [2.24, 2.45) is 0 Å². The normalized spacial score (nSPS) is 10.5. The molecule has 2 aromatic rings. The Morgan fingerprint density at radius 2 is 2.04 bits per heavy atom. The largest absolute Gasteiger partial charge is 0.466 e. The second-order valence-electron chi connectivity index (χ2n) is 5.17. The van der Waals surface area contributed by atoms with Crippen molar-refractivity contribution in [2.45, 2.75) is 26.2 Å². The number of carbonyl (C=O) groups excluding carboxylic acids is 2. The number of unbranched alkanes of at least 4 members (excludes halogenated alkanes) is 1. The third-order valence-electron chi connectivity index (χ3n) is 3.37. The molecule has 1 aromatic heterocycles. The molecule has 2 N–H and O–H groups in total. The van der Waals surface area contributed by atoms with Crippen molar-refractivity contribution < 1.29 is 14.3 Å². The van der Waals surface area contributed by atoms with Gasteiger partial charge in [0, 0.05) is 23.5 Å². The molecule has 0 aliphatic rings. The van der Waals surface area contributed by atoms with Gasteiger partial charge >= 0.3 is 5.97 Å². The molecule has 122 valence electrons. The van der Waals surface area contributed by atoms with Crippen LogP contribution >= 0.6 is 0 Å². The van der Waals surface area contributed by atoms with Gasteiger partial charge in [-0.3, -0.25) is 14.4 Å². The fourth-order valence-corrected chi connectivity index (χ4v) is 2.17. The molecular formula is C17H20N2O4. The highest BCUT2D eigenvalue weighted by molar-refractivity contribution is 6.05. The minimum absolute atomic E-state index is 0.108. The number of nitrogens with one attached hydrogen (secondary N) is 2. The summed E-state index contributed by atoms with van der Waals surface area (Å²) >= 11 is 0. The number of amides is 1. The quantitative estimate of drug-likeness (QED) is 0.604. The number of H-pyrrole nitrogens is 1. The summed E-state index contributed by atoms with van der Waals surface area (Å²) in [7, 11) is 0. The van der Waals surface area contributed by atoms with Crippen molar-refractivity contribution in [1.29, 1.82) is 0 Å². The van der Waals surface area contributed by atoms with Crippen LogP contribution in [0.5, 0.6) is 0 Å². The van der Waals surface area contributed by atoms with E-state index in [2.05, 4.69) is 10.3 Å². The highest BCUT2D eigenvalue weighted by Crippen LogP contribution is 2.14. The van der Waals surface area contributed by atoms with E-state index in [4.69, 9.17) is 4.74 Å². The number of aromatic amines is 1. The smallest absolute Gasteiger partial charge is 0.307 e. The lowest BCUT2D eigenvalue weighted by Crippen LogP contribution is -2.28. The van der Waals surface area contributed by atoms with E-state index < -0.39 is 0 Å². The number of ether oxygens (including phenoxy) is 1. The third-order valence-corrected chi connectivity index (χ3v) is 3.37. The average Bonchev–Trinajstić information content (AvgIpc) is 2.54. The van der Waals surface area contributed by atoms with E-state index in [9.17, 15) is 14.4 Å². The molecule has 0 fully saturated rings. The number of esters is 1. The number of pyridine rings is 1. The fourth-order valence-electron chi connectivity index (χ4n) is 2.17. The van der Waals surface area contributed by atoms with Gasteiger partial charge in [0.15, 0.2) is 0 Å². The highest BCUT2D eigenvalue weighted by atomic mass is 16.5. The summed E-state index contributed by atoms with van der Waals surface area (Å²) in [4.78, 5) is 38.0. The van der Waals surface area contributed by atoms with Crippen LogP contribution in [0.25, 0.3) is 10.9 Å². The van der Waals surface area contributed by atoms with Gasteiger partial charge in [0.2, 0.25) is 5.56 Å².